The number of fused-ring (bicyclic) bond motifs is 1. The van der Waals surface area contributed by atoms with Crippen molar-refractivity contribution >= 4 is 45.9 Å². The molecule has 0 saturated carbocycles. The summed E-state index contributed by atoms with van der Waals surface area (Å²) in [6.45, 7) is 4.55. The van der Waals surface area contributed by atoms with Crippen molar-refractivity contribution in [3.63, 3.8) is 0 Å². The van der Waals surface area contributed by atoms with Gasteiger partial charge in [-0.1, -0.05) is 24.3 Å². The molecule has 0 aliphatic carbocycles. The number of nitrogens with two attached hydrogens (primary N) is 1. The van der Waals surface area contributed by atoms with E-state index >= 15 is 4.39 Å². The molecule has 0 unspecified atom stereocenters. The van der Waals surface area contributed by atoms with E-state index in [9.17, 15) is 29.0 Å². The van der Waals surface area contributed by atoms with E-state index in [0.29, 0.717) is 0 Å². The number of carboxylic acids is 1. The second kappa shape index (κ2) is 10.5. The number of aliphatic hydroxyl groups is 1. The number of ether oxygens (including phenoxy) is 1. The standard InChI is InChI=1S/C26H25ClF2N4O6/c1-4-5-39-26(38)31(3)14-8-32(9-14)23-20(27)22-19(12(2)21(23)29)24(35)15(25(36)37)10-33(22)18-7-17(30)16(28)6-13(18)11-34/h4,6-7,10,14,34H,1,5,8-9,11,30H2,2-3H3,(H,36,37). The number of aromatic carboxylic acids is 1. The van der Waals surface area contributed by atoms with Gasteiger partial charge in [-0.3, -0.25) is 4.79 Å². The fraction of sp³-hybridized carbons (Fsp3) is 0.269. The maximum absolute atomic E-state index is 15.8. The fourth-order valence-corrected chi connectivity index (χ4v) is 4.92. The normalized spacial score (nSPS) is 13.3. The predicted octanol–water partition coefficient (Wildman–Crippen LogP) is 3.45. The zero-order valence-electron chi connectivity index (χ0n) is 21.0. The van der Waals surface area contributed by atoms with Gasteiger partial charge < -0.3 is 35.1 Å². The lowest BCUT2D eigenvalue weighted by Crippen LogP contribution is -2.60. The minimum Gasteiger partial charge on any atom is -0.477 e. The van der Waals surface area contributed by atoms with Crippen molar-refractivity contribution in [3.8, 4) is 5.69 Å². The SMILES string of the molecule is C=CCOC(=O)N(C)C1CN(c2c(F)c(C)c3c(=O)c(C(=O)O)cn(-c4cc(N)c(F)cc4CO)c3c2Cl)C1. The zero-order valence-corrected chi connectivity index (χ0v) is 21.8. The van der Waals surface area contributed by atoms with Crippen LogP contribution < -0.4 is 16.1 Å². The minimum atomic E-state index is -1.58. The molecule has 2 heterocycles. The summed E-state index contributed by atoms with van der Waals surface area (Å²) in [5, 5.41) is 19.1. The van der Waals surface area contributed by atoms with E-state index < -0.39 is 41.3 Å². The number of hydrogen-bond acceptors (Lipinski definition) is 7. The number of likely N-dealkylation sites (N-methyl/N-ethyl adjacent to an activating group) is 1. The number of pyridine rings is 1. The van der Waals surface area contributed by atoms with Gasteiger partial charge in [0.1, 0.15) is 18.0 Å². The summed E-state index contributed by atoms with van der Waals surface area (Å²) in [7, 11) is 1.54. The Morgan fingerprint density at radius 2 is 2.00 bits per heavy atom. The van der Waals surface area contributed by atoms with Gasteiger partial charge in [0.25, 0.3) is 0 Å². The monoisotopic (exact) mass is 562 g/mol. The van der Waals surface area contributed by atoms with E-state index in [1.807, 2.05) is 0 Å². The number of benzene rings is 2. The first-order valence-corrected chi connectivity index (χ1v) is 12.0. The highest BCUT2D eigenvalue weighted by Crippen LogP contribution is 2.41. The zero-order chi connectivity index (χ0) is 28.8. The molecule has 1 amide bonds. The summed E-state index contributed by atoms with van der Waals surface area (Å²) < 4.78 is 36.2. The lowest BCUT2D eigenvalue weighted by Gasteiger charge is -2.45. The third-order valence-corrected chi connectivity index (χ3v) is 7.09. The Bertz CT molecular complexity index is 1590. The van der Waals surface area contributed by atoms with Crippen molar-refractivity contribution in [1.29, 1.82) is 0 Å². The van der Waals surface area contributed by atoms with Crippen LogP contribution >= 0.6 is 11.6 Å². The number of halogens is 3. The van der Waals surface area contributed by atoms with Crippen molar-refractivity contribution < 1.29 is 33.3 Å². The summed E-state index contributed by atoms with van der Waals surface area (Å²) in [4.78, 5) is 40.2. The number of carboxylic acid groups (broad SMARTS) is 1. The number of aliphatic hydroxyl groups excluding tert-OH is 1. The van der Waals surface area contributed by atoms with Crippen molar-refractivity contribution in [1.82, 2.24) is 9.47 Å². The first-order chi connectivity index (χ1) is 18.4. The van der Waals surface area contributed by atoms with Gasteiger partial charge in [0.15, 0.2) is 5.82 Å². The summed E-state index contributed by atoms with van der Waals surface area (Å²) in [5.41, 5.74) is 3.58. The molecule has 206 valence electrons. The van der Waals surface area contributed by atoms with Crippen molar-refractivity contribution in [3.05, 3.63) is 74.6 Å². The van der Waals surface area contributed by atoms with Crippen LogP contribution in [0.2, 0.25) is 5.02 Å². The Hall–Kier alpha value is -4.16. The van der Waals surface area contributed by atoms with E-state index in [0.717, 1.165) is 18.3 Å². The molecule has 2 aromatic carbocycles. The molecule has 0 spiro atoms. The van der Waals surface area contributed by atoms with Crippen LogP contribution in [0.5, 0.6) is 0 Å². The van der Waals surface area contributed by atoms with Gasteiger partial charge >= 0.3 is 12.1 Å². The largest absolute Gasteiger partial charge is 0.477 e. The molecular weight excluding hydrogens is 538 g/mol. The topological polar surface area (TPSA) is 138 Å². The quantitative estimate of drug-likeness (QED) is 0.294. The molecule has 1 saturated heterocycles. The number of anilines is 2. The van der Waals surface area contributed by atoms with E-state index in [4.69, 9.17) is 22.1 Å². The van der Waals surface area contributed by atoms with E-state index in [2.05, 4.69) is 6.58 Å². The number of nitrogens with zero attached hydrogens (tertiary/aromatic N) is 3. The van der Waals surface area contributed by atoms with Crippen LogP contribution in [-0.2, 0) is 11.3 Å². The minimum absolute atomic E-state index is 0.0197. The Labute approximate surface area is 226 Å². The number of rotatable bonds is 7. The smallest absolute Gasteiger partial charge is 0.410 e. The second-order valence-electron chi connectivity index (χ2n) is 9.07. The highest BCUT2D eigenvalue weighted by atomic mass is 35.5. The van der Waals surface area contributed by atoms with Gasteiger partial charge in [-0.2, -0.15) is 0 Å². The molecule has 1 aliphatic rings. The number of carbonyl (C=O) groups is 2. The van der Waals surface area contributed by atoms with Crippen LogP contribution in [0, 0.1) is 18.6 Å². The average Bonchev–Trinajstić information content (AvgIpc) is 2.87. The third-order valence-electron chi connectivity index (χ3n) is 6.73. The Morgan fingerprint density at radius 1 is 1.33 bits per heavy atom. The average molecular weight is 563 g/mol. The predicted molar refractivity (Wildman–Crippen MR) is 142 cm³/mol. The van der Waals surface area contributed by atoms with Crippen LogP contribution in [0.25, 0.3) is 16.6 Å². The van der Waals surface area contributed by atoms with Crippen LogP contribution in [0.3, 0.4) is 0 Å². The van der Waals surface area contributed by atoms with Crippen molar-refractivity contribution in [2.75, 3.05) is 37.4 Å². The lowest BCUT2D eigenvalue weighted by atomic mass is 10.00. The van der Waals surface area contributed by atoms with E-state index in [1.165, 1.54) is 29.5 Å². The molecule has 1 aliphatic heterocycles. The number of aromatic nitrogens is 1. The number of carbonyl (C=O) groups excluding carboxylic acids is 1. The van der Waals surface area contributed by atoms with Crippen LogP contribution in [0.1, 0.15) is 21.5 Å². The highest BCUT2D eigenvalue weighted by molar-refractivity contribution is 6.38. The molecule has 0 bridgehead atoms. The molecule has 1 aromatic heterocycles. The summed E-state index contributed by atoms with van der Waals surface area (Å²) in [5.74, 6) is -3.23. The van der Waals surface area contributed by atoms with Gasteiger partial charge in [0.2, 0.25) is 5.43 Å². The first kappa shape index (κ1) is 27.9. The Kier molecular flexibility index (Phi) is 7.53. The molecule has 3 aromatic rings. The van der Waals surface area contributed by atoms with Gasteiger partial charge in [0.05, 0.1) is 45.6 Å². The second-order valence-corrected chi connectivity index (χ2v) is 9.45. The van der Waals surface area contributed by atoms with Crippen LogP contribution in [-0.4, -0.2) is 64.5 Å². The maximum Gasteiger partial charge on any atom is 0.410 e. The summed E-state index contributed by atoms with van der Waals surface area (Å²) in [6, 6.07) is 1.80. The number of nitrogen functional groups attached to an aromatic ring is 1. The number of amides is 1. The Balaban J connectivity index is 1.93. The van der Waals surface area contributed by atoms with Crippen LogP contribution in [0.4, 0.5) is 25.0 Å². The molecule has 1 fully saturated rings. The molecule has 4 rings (SSSR count). The number of hydrogen-bond donors (Lipinski definition) is 3. The van der Waals surface area contributed by atoms with E-state index in [-0.39, 0.29) is 69.9 Å². The third kappa shape index (κ3) is 4.66. The summed E-state index contributed by atoms with van der Waals surface area (Å²) >= 11 is 6.74. The molecule has 0 radical (unpaired) electrons. The maximum atomic E-state index is 15.8. The Morgan fingerprint density at radius 3 is 2.59 bits per heavy atom. The molecular formula is C26H25ClF2N4O6. The van der Waals surface area contributed by atoms with Gasteiger partial charge in [0, 0.05) is 37.5 Å². The molecule has 39 heavy (non-hydrogen) atoms. The lowest BCUT2D eigenvalue weighted by molar-refractivity contribution is 0.0694. The molecule has 0 atom stereocenters. The first-order valence-electron chi connectivity index (χ1n) is 11.7. The molecule has 13 heteroatoms. The molecule has 10 nitrogen and oxygen atoms in total. The van der Waals surface area contributed by atoms with Crippen molar-refractivity contribution in [2.24, 2.45) is 0 Å². The van der Waals surface area contributed by atoms with Crippen LogP contribution in [0.15, 0.2) is 35.8 Å². The fourth-order valence-electron chi connectivity index (χ4n) is 4.53. The summed E-state index contributed by atoms with van der Waals surface area (Å²) in [6.07, 6.45) is 1.83. The van der Waals surface area contributed by atoms with Gasteiger partial charge in [-0.15, -0.1) is 0 Å². The van der Waals surface area contributed by atoms with Gasteiger partial charge in [-0.05, 0) is 19.1 Å². The van der Waals surface area contributed by atoms with E-state index in [1.54, 1.807) is 4.90 Å². The molecule has 4 N–H and O–H groups in total. The van der Waals surface area contributed by atoms with Crippen molar-refractivity contribution in [2.45, 2.75) is 19.6 Å². The highest BCUT2D eigenvalue weighted by Gasteiger charge is 2.37. The number of aryl methyl sites for hydroxylation is 1. The van der Waals surface area contributed by atoms with Gasteiger partial charge in [-0.25, -0.2) is 18.4 Å².